The molecule has 2 amide bonds. The van der Waals surface area contributed by atoms with Crippen molar-refractivity contribution in [1.29, 1.82) is 0 Å². The average Bonchev–Trinajstić information content (AvgIpc) is 3.04. The van der Waals surface area contributed by atoms with Gasteiger partial charge in [-0.05, 0) is 42.1 Å². The topological polar surface area (TPSA) is 49.4 Å². The summed E-state index contributed by atoms with van der Waals surface area (Å²) in [4.78, 5) is 25.6. The Labute approximate surface area is 121 Å². The molecule has 1 N–H and O–H groups in total. The molecule has 2 aromatic rings. The predicted octanol–water partition coefficient (Wildman–Crippen LogP) is 2.91. The number of carbonyl (C=O) groups is 2. The molecule has 1 aliphatic heterocycles. The van der Waals surface area contributed by atoms with E-state index in [2.05, 4.69) is 5.32 Å². The normalized spacial score (nSPS) is 13.4. The van der Waals surface area contributed by atoms with E-state index in [0.29, 0.717) is 18.5 Å². The molecular formula is C15H14N2O2S. The van der Waals surface area contributed by atoms with Gasteiger partial charge in [-0.2, -0.15) is 11.3 Å². The summed E-state index contributed by atoms with van der Waals surface area (Å²) >= 11 is 1.49. The first-order chi connectivity index (χ1) is 9.69. The van der Waals surface area contributed by atoms with Crippen LogP contribution in [0.1, 0.15) is 22.8 Å². The molecule has 20 heavy (non-hydrogen) atoms. The Morgan fingerprint density at radius 1 is 1.40 bits per heavy atom. The first-order valence-corrected chi connectivity index (χ1v) is 7.40. The van der Waals surface area contributed by atoms with Crippen molar-refractivity contribution in [3.8, 4) is 0 Å². The van der Waals surface area contributed by atoms with Crippen LogP contribution in [-0.2, 0) is 11.2 Å². The van der Waals surface area contributed by atoms with Crippen molar-refractivity contribution in [2.75, 3.05) is 16.8 Å². The SMILES string of the molecule is CCN1C(=O)Cc2cc(NC(=O)c3ccsc3)ccc21. The molecule has 1 aromatic carbocycles. The standard InChI is InChI=1S/C15H14N2O2S/c1-2-17-13-4-3-12(7-11(13)8-14(17)18)16-15(19)10-5-6-20-9-10/h3-7,9H,2,8H2,1H3,(H,16,19). The second kappa shape index (κ2) is 5.09. The van der Waals surface area contributed by atoms with E-state index in [1.54, 1.807) is 11.0 Å². The number of hydrogen-bond acceptors (Lipinski definition) is 3. The number of nitrogens with one attached hydrogen (secondary N) is 1. The first kappa shape index (κ1) is 12.9. The third kappa shape index (κ3) is 2.20. The number of anilines is 2. The molecule has 0 fully saturated rings. The van der Waals surface area contributed by atoms with Crippen molar-refractivity contribution in [3.63, 3.8) is 0 Å². The molecule has 1 aromatic heterocycles. The lowest BCUT2D eigenvalue weighted by Gasteiger charge is -2.14. The largest absolute Gasteiger partial charge is 0.322 e. The molecule has 0 saturated carbocycles. The van der Waals surface area contributed by atoms with Crippen LogP contribution in [0.25, 0.3) is 0 Å². The minimum absolute atomic E-state index is 0.115. The summed E-state index contributed by atoms with van der Waals surface area (Å²) in [5.41, 5.74) is 3.30. The lowest BCUT2D eigenvalue weighted by atomic mass is 10.1. The van der Waals surface area contributed by atoms with Gasteiger partial charge < -0.3 is 10.2 Å². The fraction of sp³-hybridized carbons (Fsp3) is 0.200. The summed E-state index contributed by atoms with van der Waals surface area (Å²) in [6.45, 7) is 2.63. The van der Waals surface area contributed by atoms with Gasteiger partial charge in [0.25, 0.3) is 5.91 Å². The number of amides is 2. The molecule has 0 radical (unpaired) electrons. The smallest absolute Gasteiger partial charge is 0.256 e. The van der Waals surface area contributed by atoms with E-state index in [4.69, 9.17) is 0 Å². The molecule has 0 unspecified atom stereocenters. The molecule has 0 bridgehead atoms. The van der Waals surface area contributed by atoms with E-state index in [1.807, 2.05) is 35.9 Å². The van der Waals surface area contributed by atoms with E-state index in [1.165, 1.54) is 11.3 Å². The average molecular weight is 286 g/mol. The van der Waals surface area contributed by atoms with Crippen molar-refractivity contribution < 1.29 is 9.59 Å². The molecule has 0 saturated heterocycles. The summed E-state index contributed by atoms with van der Waals surface area (Å²) in [5, 5.41) is 6.54. The molecule has 2 heterocycles. The number of likely N-dealkylation sites (N-methyl/N-ethyl adjacent to an activating group) is 1. The lowest BCUT2D eigenvalue weighted by Crippen LogP contribution is -2.25. The highest BCUT2D eigenvalue weighted by Gasteiger charge is 2.25. The third-order valence-electron chi connectivity index (χ3n) is 3.37. The molecule has 102 valence electrons. The third-order valence-corrected chi connectivity index (χ3v) is 4.05. The Balaban J connectivity index is 1.82. The van der Waals surface area contributed by atoms with E-state index in [0.717, 1.165) is 16.9 Å². The summed E-state index contributed by atoms with van der Waals surface area (Å²) in [6, 6.07) is 7.40. The second-order valence-electron chi connectivity index (χ2n) is 4.62. The number of thiophene rings is 1. The molecular weight excluding hydrogens is 272 g/mol. The van der Waals surface area contributed by atoms with Crippen LogP contribution in [0.2, 0.25) is 0 Å². The van der Waals surface area contributed by atoms with Crippen LogP contribution in [0.3, 0.4) is 0 Å². The van der Waals surface area contributed by atoms with Crippen LogP contribution < -0.4 is 10.2 Å². The Bertz CT molecular complexity index is 665. The molecule has 0 aliphatic carbocycles. The zero-order valence-corrected chi connectivity index (χ0v) is 11.9. The Kier molecular flexibility index (Phi) is 3.28. The van der Waals surface area contributed by atoms with Gasteiger partial charge in [-0.15, -0.1) is 0 Å². The van der Waals surface area contributed by atoms with Gasteiger partial charge in [0.2, 0.25) is 5.91 Å². The maximum absolute atomic E-state index is 12.0. The van der Waals surface area contributed by atoms with Gasteiger partial charge in [-0.3, -0.25) is 9.59 Å². The van der Waals surface area contributed by atoms with Gasteiger partial charge in [0.1, 0.15) is 0 Å². The predicted molar refractivity (Wildman–Crippen MR) is 80.4 cm³/mol. The maximum Gasteiger partial charge on any atom is 0.256 e. The van der Waals surface area contributed by atoms with Crippen molar-refractivity contribution in [3.05, 3.63) is 46.2 Å². The molecule has 3 rings (SSSR count). The minimum Gasteiger partial charge on any atom is -0.322 e. The monoisotopic (exact) mass is 286 g/mol. The van der Waals surface area contributed by atoms with E-state index in [9.17, 15) is 9.59 Å². The van der Waals surface area contributed by atoms with Crippen LogP contribution in [0.4, 0.5) is 11.4 Å². The Hall–Kier alpha value is -2.14. The van der Waals surface area contributed by atoms with Crippen LogP contribution in [0, 0.1) is 0 Å². The van der Waals surface area contributed by atoms with Crippen LogP contribution in [0.5, 0.6) is 0 Å². The Morgan fingerprint density at radius 3 is 2.95 bits per heavy atom. The number of hydrogen-bond donors (Lipinski definition) is 1. The fourth-order valence-corrected chi connectivity index (χ4v) is 3.04. The molecule has 1 aliphatic rings. The van der Waals surface area contributed by atoms with E-state index in [-0.39, 0.29) is 11.8 Å². The Morgan fingerprint density at radius 2 is 2.25 bits per heavy atom. The molecule has 4 nitrogen and oxygen atoms in total. The summed E-state index contributed by atoms with van der Waals surface area (Å²) in [7, 11) is 0. The van der Waals surface area contributed by atoms with Crippen LogP contribution >= 0.6 is 11.3 Å². The molecule has 5 heteroatoms. The van der Waals surface area contributed by atoms with E-state index < -0.39 is 0 Å². The van der Waals surface area contributed by atoms with Gasteiger partial charge in [-0.25, -0.2) is 0 Å². The van der Waals surface area contributed by atoms with Crippen molar-refractivity contribution in [2.24, 2.45) is 0 Å². The van der Waals surface area contributed by atoms with Crippen LogP contribution in [0.15, 0.2) is 35.0 Å². The van der Waals surface area contributed by atoms with Gasteiger partial charge in [-0.1, -0.05) is 0 Å². The van der Waals surface area contributed by atoms with Crippen molar-refractivity contribution in [1.82, 2.24) is 0 Å². The number of nitrogens with zero attached hydrogens (tertiary/aromatic N) is 1. The lowest BCUT2D eigenvalue weighted by molar-refractivity contribution is -0.117. The minimum atomic E-state index is -0.122. The number of rotatable bonds is 3. The number of benzene rings is 1. The number of fused-ring (bicyclic) bond motifs is 1. The summed E-state index contributed by atoms with van der Waals surface area (Å²) in [6.07, 6.45) is 0.408. The second-order valence-corrected chi connectivity index (χ2v) is 5.40. The van der Waals surface area contributed by atoms with Gasteiger partial charge in [0, 0.05) is 23.3 Å². The maximum atomic E-state index is 12.0. The highest BCUT2D eigenvalue weighted by Crippen LogP contribution is 2.31. The van der Waals surface area contributed by atoms with Crippen molar-refractivity contribution in [2.45, 2.75) is 13.3 Å². The first-order valence-electron chi connectivity index (χ1n) is 6.46. The van der Waals surface area contributed by atoms with E-state index >= 15 is 0 Å². The van der Waals surface area contributed by atoms with Crippen molar-refractivity contribution >= 4 is 34.5 Å². The zero-order chi connectivity index (χ0) is 14.1. The summed E-state index contributed by atoms with van der Waals surface area (Å²) in [5.74, 6) is -0.00770. The highest BCUT2D eigenvalue weighted by atomic mass is 32.1. The van der Waals surface area contributed by atoms with Gasteiger partial charge >= 0.3 is 0 Å². The summed E-state index contributed by atoms with van der Waals surface area (Å²) < 4.78 is 0. The molecule has 0 spiro atoms. The number of carbonyl (C=O) groups excluding carboxylic acids is 2. The quantitative estimate of drug-likeness (QED) is 0.943. The zero-order valence-electron chi connectivity index (χ0n) is 11.1. The molecule has 0 atom stereocenters. The fourth-order valence-electron chi connectivity index (χ4n) is 2.40. The van der Waals surface area contributed by atoms with Crippen LogP contribution in [-0.4, -0.2) is 18.4 Å². The van der Waals surface area contributed by atoms with Gasteiger partial charge in [0.05, 0.1) is 12.0 Å². The van der Waals surface area contributed by atoms with Gasteiger partial charge in [0.15, 0.2) is 0 Å². The highest BCUT2D eigenvalue weighted by molar-refractivity contribution is 7.08.